The van der Waals surface area contributed by atoms with E-state index in [0.29, 0.717) is 6.54 Å². The Morgan fingerprint density at radius 3 is 2.46 bits per heavy atom. The summed E-state index contributed by atoms with van der Waals surface area (Å²) in [4.78, 5) is 7.14. The van der Waals surface area contributed by atoms with E-state index in [1.54, 1.807) is 0 Å². The van der Waals surface area contributed by atoms with Crippen molar-refractivity contribution < 1.29 is 9.84 Å². The molecule has 3 N–H and O–H groups in total. The van der Waals surface area contributed by atoms with Gasteiger partial charge in [-0.2, -0.15) is 0 Å². The van der Waals surface area contributed by atoms with Gasteiger partial charge in [-0.05, 0) is 46.7 Å². The fourth-order valence-corrected chi connectivity index (χ4v) is 3.95. The fourth-order valence-electron chi connectivity index (χ4n) is 3.95. The third-order valence-corrected chi connectivity index (χ3v) is 6.18. The Hall–Kier alpha value is -0.120. The summed E-state index contributed by atoms with van der Waals surface area (Å²) in [5, 5.41) is 17.3. The molecule has 2 aliphatic rings. The van der Waals surface area contributed by atoms with Gasteiger partial charge in [-0.15, -0.1) is 24.0 Å². The fraction of sp³-hybridized carbons (Fsp3) is 0.947. The number of aliphatic hydroxyl groups is 1. The average Bonchev–Trinajstić information content (AvgIpc) is 2.61. The van der Waals surface area contributed by atoms with Gasteiger partial charge in [0.2, 0.25) is 0 Å². The van der Waals surface area contributed by atoms with Crippen LogP contribution in [-0.2, 0) is 4.74 Å². The summed E-state index contributed by atoms with van der Waals surface area (Å²) in [7, 11) is 4.30. The molecule has 2 fully saturated rings. The Balaban J connectivity index is 0.00000338. The Morgan fingerprint density at radius 1 is 1.19 bits per heavy atom. The molecule has 154 valence electrons. The number of halogens is 1. The van der Waals surface area contributed by atoms with Crippen molar-refractivity contribution in [1.29, 1.82) is 0 Å². The van der Waals surface area contributed by atoms with Crippen molar-refractivity contribution in [2.75, 3.05) is 46.9 Å². The number of rotatable bonds is 6. The van der Waals surface area contributed by atoms with Crippen LogP contribution in [0.2, 0.25) is 0 Å². The van der Waals surface area contributed by atoms with Crippen LogP contribution < -0.4 is 10.6 Å². The normalized spacial score (nSPS) is 29.2. The molecule has 2 atom stereocenters. The van der Waals surface area contributed by atoms with Crippen LogP contribution >= 0.6 is 24.0 Å². The molecule has 0 bridgehead atoms. The number of aliphatic hydroxyl groups excluding tert-OH is 1. The highest BCUT2D eigenvalue weighted by Gasteiger charge is 2.36. The predicted molar refractivity (Wildman–Crippen MR) is 118 cm³/mol. The quantitative estimate of drug-likeness (QED) is 0.308. The van der Waals surface area contributed by atoms with Crippen molar-refractivity contribution in [3.05, 3.63) is 0 Å². The molecule has 1 aliphatic heterocycles. The van der Waals surface area contributed by atoms with Crippen molar-refractivity contribution in [2.24, 2.45) is 10.4 Å². The van der Waals surface area contributed by atoms with Gasteiger partial charge >= 0.3 is 0 Å². The number of guanidine groups is 1. The molecule has 0 aromatic carbocycles. The lowest BCUT2D eigenvalue weighted by molar-refractivity contribution is -0.00514. The summed E-state index contributed by atoms with van der Waals surface area (Å²) < 4.78 is 5.55. The molecule has 1 saturated carbocycles. The summed E-state index contributed by atoms with van der Waals surface area (Å²) >= 11 is 0. The highest BCUT2D eigenvalue weighted by Crippen LogP contribution is 2.36. The minimum Gasteiger partial charge on any atom is -0.392 e. The maximum absolute atomic E-state index is 10.4. The van der Waals surface area contributed by atoms with Crippen molar-refractivity contribution in [3.63, 3.8) is 0 Å². The van der Waals surface area contributed by atoms with Gasteiger partial charge in [0.25, 0.3) is 0 Å². The van der Waals surface area contributed by atoms with Crippen LogP contribution in [0.1, 0.15) is 52.4 Å². The van der Waals surface area contributed by atoms with Crippen LogP contribution in [0.5, 0.6) is 0 Å². The van der Waals surface area contributed by atoms with Gasteiger partial charge in [0.15, 0.2) is 5.96 Å². The number of likely N-dealkylation sites (N-methyl/N-ethyl adjacent to an activating group) is 1. The molecule has 0 aromatic heterocycles. The number of hydrogen-bond donors (Lipinski definition) is 3. The second-order valence-corrected chi connectivity index (χ2v) is 8.20. The van der Waals surface area contributed by atoms with Crippen LogP contribution in [0.25, 0.3) is 0 Å². The molecule has 2 unspecified atom stereocenters. The van der Waals surface area contributed by atoms with E-state index in [2.05, 4.69) is 43.5 Å². The van der Waals surface area contributed by atoms with E-state index in [0.717, 1.165) is 64.4 Å². The predicted octanol–water partition coefficient (Wildman–Crippen LogP) is 2.21. The Kier molecular flexibility index (Phi) is 10.1. The minimum atomic E-state index is -0.239. The lowest BCUT2D eigenvalue weighted by Crippen LogP contribution is -2.57. The smallest absolute Gasteiger partial charge is 0.191 e. The topological polar surface area (TPSA) is 69.1 Å². The van der Waals surface area contributed by atoms with Crippen LogP contribution in [0.15, 0.2) is 4.99 Å². The van der Waals surface area contributed by atoms with Gasteiger partial charge in [-0.3, -0.25) is 4.99 Å². The molecule has 0 amide bonds. The van der Waals surface area contributed by atoms with Crippen molar-refractivity contribution in [3.8, 4) is 0 Å². The van der Waals surface area contributed by atoms with Crippen molar-refractivity contribution >= 4 is 29.9 Å². The summed E-state index contributed by atoms with van der Waals surface area (Å²) in [6.07, 6.45) is 6.10. The molecule has 1 aliphatic carbocycles. The van der Waals surface area contributed by atoms with E-state index < -0.39 is 0 Å². The van der Waals surface area contributed by atoms with Gasteiger partial charge in [-0.1, -0.05) is 19.8 Å². The number of hydrogen-bond acceptors (Lipinski definition) is 4. The average molecular weight is 482 g/mol. The Labute approximate surface area is 176 Å². The second kappa shape index (κ2) is 11.0. The van der Waals surface area contributed by atoms with E-state index in [9.17, 15) is 5.11 Å². The lowest BCUT2D eigenvalue weighted by Gasteiger charge is -2.43. The highest BCUT2D eigenvalue weighted by molar-refractivity contribution is 14.0. The molecule has 7 heteroatoms. The number of aliphatic imine (C=N–C) groups is 1. The molecule has 1 heterocycles. The Bertz CT molecular complexity index is 441. The van der Waals surface area contributed by atoms with Gasteiger partial charge < -0.3 is 25.4 Å². The SMILES string of the molecule is CCNC(=NCC1(C)CCCCC1O)NCC1(N(C)C)CCOCC1.I. The summed E-state index contributed by atoms with van der Waals surface area (Å²) in [5.41, 5.74) is 0.0151. The lowest BCUT2D eigenvalue weighted by atomic mass is 9.73. The molecule has 0 radical (unpaired) electrons. The minimum absolute atomic E-state index is 0. The number of nitrogens with one attached hydrogen (secondary N) is 2. The second-order valence-electron chi connectivity index (χ2n) is 8.20. The molecule has 0 aromatic rings. The first kappa shape index (κ1) is 23.9. The van der Waals surface area contributed by atoms with E-state index in [1.807, 2.05) is 0 Å². The van der Waals surface area contributed by atoms with E-state index >= 15 is 0 Å². The molecule has 0 spiro atoms. The van der Waals surface area contributed by atoms with E-state index in [4.69, 9.17) is 9.73 Å². The van der Waals surface area contributed by atoms with Gasteiger partial charge in [0, 0.05) is 37.3 Å². The maximum Gasteiger partial charge on any atom is 0.191 e. The zero-order chi connectivity index (χ0) is 18.3. The summed E-state index contributed by atoms with van der Waals surface area (Å²) in [5.74, 6) is 0.856. The standard InChI is InChI=1S/C19H38N4O2.HI/c1-5-20-17(21-14-18(2)9-7-6-8-16(18)24)22-15-19(23(3)4)10-12-25-13-11-19;/h16,24H,5-15H2,1-4H3,(H2,20,21,22);1H. The first-order valence-corrected chi connectivity index (χ1v) is 9.87. The van der Waals surface area contributed by atoms with Crippen LogP contribution in [0, 0.1) is 5.41 Å². The maximum atomic E-state index is 10.4. The van der Waals surface area contributed by atoms with Crippen LogP contribution in [0.3, 0.4) is 0 Å². The van der Waals surface area contributed by atoms with Gasteiger partial charge in [0.1, 0.15) is 0 Å². The summed E-state index contributed by atoms with van der Waals surface area (Å²) in [6, 6.07) is 0. The number of nitrogens with zero attached hydrogens (tertiary/aromatic N) is 2. The van der Waals surface area contributed by atoms with Crippen LogP contribution in [0.4, 0.5) is 0 Å². The highest BCUT2D eigenvalue weighted by atomic mass is 127. The Morgan fingerprint density at radius 2 is 1.88 bits per heavy atom. The van der Waals surface area contributed by atoms with Gasteiger partial charge in [-0.25, -0.2) is 0 Å². The number of ether oxygens (including phenoxy) is 1. The zero-order valence-electron chi connectivity index (χ0n) is 17.0. The van der Waals surface area contributed by atoms with Crippen molar-refractivity contribution in [1.82, 2.24) is 15.5 Å². The molecular formula is C19H39IN4O2. The largest absolute Gasteiger partial charge is 0.392 e. The van der Waals surface area contributed by atoms with Crippen LogP contribution in [-0.4, -0.2) is 74.6 Å². The monoisotopic (exact) mass is 482 g/mol. The third-order valence-electron chi connectivity index (χ3n) is 6.18. The first-order valence-electron chi connectivity index (χ1n) is 9.87. The van der Waals surface area contributed by atoms with E-state index in [-0.39, 0.29) is 41.0 Å². The molecule has 2 rings (SSSR count). The first-order chi connectivity index (χ1) is 11.9. The molecule has 6 nitrogen and oxygen atoms in total. The zero-order valence-corrected chi connectivity index (χ0v) is 19.3. The third kappa shape index (κ3) is 6.21. The molecule has 1 saturated heterocycles. The van der Waals surface area contributed by atoms with Crippen molar-refractivity contribution in [2.45, 2.75) is 64.0 Å². The molecule has 26 heavy (non-hydrogen) atoms. The summed E-state index contributed by atoms with van der Waals surface area (Å²) in [6.45, 7) is 8.25. The molecular weight excluding hydrogens is 443 g/mol. The van der Waals surface area contributed by atoms with Gasteiger partial charge in [0.05, 0.1) is 12.6 Å². The van der Waals surface area contributed by atoms with E-state index in [1.165, 1.54) is 6.42 Å².